The van der Waals surface area contributed by atoms with Gasteiger partial charge < -0.3 is 20.3 Å². The first kappa shape index (κ1) is 26.5. The van der Waals surface area contributed by atoms with E-state index in [0.29, 0.717) is 11.4 Å². The van der Waals surface area contributed by atoms with Crippen LogP contribution in [0.4, 0.5) is 11.4 Å². The van der Waals surface area contributed by atoms with Crippen molar-refractivity contribution in [3.05, 3.63) is 118 Å². The van der Waals surface area contributed by atoms with Crippen molar-refractivity contribution in [1.82, 2.24) is 4.57 Å². The second kappa shape index (κ2) is 11.4. The van der Waals surface area contributed by atoms with E-state index in [0.717, 1.165) is 47.7 Å². The number of nitrogens with one attached hydrogen (secondary N) is 2. The standard InChI is InChI=1S/C33H29N3O4S/c37-31(23-13-7-8-14-23)34-25-15-16-28-24(17-25)18-29(32(38)35-27-20-41-19-26(27)33(39)40)36(28)30(21-9-3-1-4-10-21)22-11-5-2-6-12-22/h1-6,9-12,15-20,23,30H,7-8,13-14H2,(H,34,37)(H,35,38)(H,39,40). The Morgan fingerprint density at radius 2 is 1.49 bits per heavy atom. The van der Waals surface area contributed by atoms with E-state index >= 15 is 0 Å². The fourth-order valence-electron chi connectivity index (χ4n) is 5.71. The number of aromatic nitrogens is 1. The predicted octanol–water partition coefficient (Wildman–Crippen LogP) is 7.42. The van der Waals surface area contributed by atoms with Crippen LogP contribution >= 0.6 is 11.3 Å². The molecule has 2 aromatic heterocycles. The van der Waals surface area contributed by atoms with Crippen molar-refractivity contribution in [1.29, 1.82) is 0 Å². The third kappa shape index (κ3) is 5.38. The van der Waals surface area contributed by atoms with Gasteiger partial charge in [-0.15, -0.1) is 11.3 Å². The van der Waals surface area contributed by atoms with Gasteiger partial charge in [0.25, 0.3) is 5.91 Å². The minimum Gasteiger partial charge on any atom is -0.478 e. The summed E-state index contributed by atoms with van der Waals surface area (Å²) in [6.07, 6.45) is 3.97. The predicted molar refractivity (Wildman–Crippen MR) is 162 cm³/mol. The summed E-state index contributed by atoms with van der Waals surface area (Å²) in [5, 5.41) is 19.4. The lowest BCUT2D eigenvalue weighted by Gasteiger charge is -2.24. The molecule has 0 radical (unpaired) electrons. The molecule has 0 unspecified atom stereocenters. The number of carbonyl (C=O) groups is 3. The molecule has 41 heavy (non-hydrogen) atoms. The van der Waals surface area contributed by atoms with E-state index in [9.17, 15) is 19.5 Å². The van der Waals surface area contributed by atoms with E-state index < -0.39 is 11.9 Å². The molecule has 1 aliphatic rings. The summed E-state index contributed by atoms with van der Waals surface area (Å²) < 4.78 is 1.99. The van der Waals surface area contributed by atoms with E-state index in [4.69, 9.17) is 0 Å². The molecule has 1 saturated carbocycles. The Kier molecular flexibility index (Phi) is 7.39. The molecule has 3 N–H and O–H groups in total. The number of thiophene rings is 1. The van der Waals surface area contributed by atoms with Crippen molar-refractivity contribution < 1.29 is 19.5 Å². The number of benzene rings is 3. The van der Waals surface area contributed by atoms with E-state index in [1.54, 1.807) is 5.38 Å². The highest BCUT2D eigenvalue weighted by Crippen LogP contribution is 2.35. The molecule has 0 saturated heterocycles. The lowest BCUT2D eigenvalue weighted by molar-refractivity contribution is -0.119. The third-order valence-electron chi connectivity index (χ3n) is 7.69. The van der Waals surface area contributed by atoms with Gasteiger partial charge in [-0.3, -0.25) is 9.59 Å². The zero-order chi connectivity index (χ0) is 28.3. The van der Waals surface area contributed by atoms with Crippen molar-refractivity contribution in [2.24, 2.45) is 5.92 Å². The lowest BCUT2D eigenvalue weighted by Crippen LogP contribution is -2.22. The third-order valence-corrected chi connectivity index (χ3v) is 8.44. The van der Waals surface area contributed by atoms with Crippen molar-refractivity contribution in [3.63, 3.8) is 0 Å². The molecule has 0 aliphatic heterocycles. The SMILES string of the molecule is O=C(O)c1cscc1NC(=O)c1cc2cc(NC(=O)C3CCCC3)ccc2n1C(c1ccccc1)c1ccccc1. The van der Waals surface area contributed by atoms with Gasteiger partial charge >= 0.3 is 5.97 Å². The van der Waals surface area contributed by atoms with Crippen LogP contribution in [0.1, 0.15) is 63.7 Å². The van der Waals surface area contributed by atoms with Crippen LogP contribution < -0.4 is 10.6 Å². The van der Waals surface area contributed by atoms with Crippen LogP contribution in [0, 0.1) is 5.92 Å². The van der Waals surface area contributed by atoms with Gasteiger partial charge in [-0.2, -0.15) is 0 Å². The van der Waals surface area contributed by atoms with Crippen LogP contribution in [0.3, 0.4) is 0 Å². The molecule has 1 fully saturated rings. The topological polar surface area (TPSA) is 100 Å². The average molecular weight is 564 g/mol. The highest BCUT2D eigenvalue weighted by Gasteiger charge is 2.27. The largest absolute Gasteiger partial charge is 0.478 e. The number of aromatic carboxylic acids is 1. The number of rotatable bonds is 8. The molecule has 3 aromatic carbocycles. The Hall–Kier alpha value is -4.69. The van der Waals surface area contributed by atoms with Crippen LogP contribution in [0.2, 0.25) is 0 Å². The highest BCUT2D eigenvalue weighted by molar-refractivity contribution is 7.08. The molecule has 0 spiro atoms. The first-order chi connectivity index (χ1) is 20.0. The monoisotopic (exact) mass is 563 g/mol. The van der Waals surface area contributed by atoms with Crippen LogP contribution in [0.25, 0.3) is 10.9 Å². The first-order valence-corrected chi connectivity index (χ1v) is 14.6. The maximum atomic E-state index is 13.9. The molecule has 0 bridgehead atoms. The van der Waals surface area contributed by atoms with Gasteiger partial charge in [0.1, 0.15) is 5.69 Å². The van der Waals surface area contributed by atoms with Crippen molar-refractivity contribution in [3.8, 4) is 0 Å². The van der Waals surface area contributed by atoms with E-state index in [2.05, 4.69) is 10.6 Å². The molecule has 8 heteroatoms. The number of amides is 2. The first-order valence-electron chi connectivity index (χ1n) is 13.7. The highest BCUT2D eigenvalue weighted by atomic mass is 32.1. The summed E-state index contributed by atoms with van der Waals surface area (Å²) >= 11 is 1.22. The fraction of sp³-hybridized carbons (Fsp3) is 0.182. The van der Waals surface area contributed by atoms with Gasteiger partial charge in [-0.1, -0.05) is 73.5 Å². The minimum atomic E-state index is -1.10. The van der Waals surface area contributed by atoms with E-state index in [-0.39, 0.29) is 29.1 Å². The Labute approximate surface area is 241 Å². The molecular weight excluding hydrogens is 534 g/mol. The van der Waals surface area contributed by atoms with Gasteiger partial charge in [-0.05, 0) is 48.2 Å². The minimum absolute atomic E-state index is 0.0318. The second-order valence-corrected chi connectivity index (χ2v) is 11.1. The van der Waals surface area contributed by atoms with Gasteiger partial charge in [0.05, 0.1) is 17.3 Å². The van der Waals surface area contributed by atoms with E-state index in [1.165, 1.54) is 16.7 Å². The normalized spacial score (nSPS) is 13.5. The summed E-state index contributed by atoms with van der Waals surface area (Å²) in [6.45, 7) is 0. The summed E-state index contributed by atoms with van der Waals surface area (Å²) in [5.74, 6) is -1.46. The molecular formula is C33H29N3O4S. The fourth-order valence-corrected chi connectivity index (χ4v) is 6.46. The smallest absolute Gasteiger partial charge is 0.338 e. The van der Waals surface area contributed by atoms with Gasteiger partial charge in [-0.25, -0.2) is 4.79 Å². The summed E-state index contributed by atoms with van der Waals surface area (Å²) in [5.41, 5.74) is 4.15. The molecule has 0 atom stereocenters. The number of anilines is 2. The second-order valence-electron chi connectivity index (χ2n) is 10.3. The maximum absolute atomic E-state index is 13.9. The quantitative estimate of drug-likeness (QED) is 0.183. The Morgan fingerprint density at radius 1 is 0.829 bits per heavy atom. The van der Waals surface area contributed by atoms with Gasteiger partial charge in [0.15, 0.2) is 0 Å². The Bertz CT molecular complexity index is 1680. The number of carboxylic acids is 1. The van der Waals surface area contributed by atoms with Crippen molar-refractivity contribution in [2.45, 2.75) is 31.7 Å². The Morgan fingerprint density at radius 3 is 2.12 bits per heavy atom. The Balaban J connectivity index is 1.48. The zero-order valence-electron chi connectivity index (χ0n) is 22.2. The summed E-state index contributed by atoms with van der Waals surface area (Å²) in [7, 11) is 0. The van der Waals surface area contributed by atoms with Crippen molar-refractivity contribution in [2.75, 3.05) is 10.6 Å². The summed E-state index contributed by atoms with van der Waals surface area (Å²) in [6, 6.07) is 27.1. The van der Waals surface area contributed by atoms with Gasteiger partial charge in [0.2, 0.25) is 5.91 Å². The summed E-state index contributed by atoms with van der Waals surface area (Å²) in [4.78, 5) is 38.5. The molecule has 206 valence electrons. The number of hydrogen-bond acceptors (Lipinski definition) is 4. The number of fused-ring (bicyclic) bond motifs is 1. The van der Waals surface area contributed by atoms with Crippen molar-refractivity contribution >= 4 is 51.4 Å². The maximum Gasteiger partial charge on any atom is 0.338 e. The zero-order valence-corrected chi connectivity index (χ0v) is 23.1. The van der Waals surface area contributed by atoms with Gasteiger partial charge in [0, 0.05) is 33.3 Å². The van der Waals surface area contributed by atoms with Crippen LogP contribution in [0.15, 0.2) is 95.7 Å². The lowest BCUT2D eigenvalue weighted by atomic mass is 9.98. The van der Waals surface area contributed by atoms with Crippen LogP contribution in [-0.4, -0.2) is 27.5 Å². The molecule has 7 nitrogen and oxygen atoms in total. The number of hydrogen-bond donors (Lipinski definition) is 3. The average Bonchev–Trinajstić information content (AvgIpc) is 3.75. The van der Waals surface area contributed by atoms with Crippen LogP contribution in [0.5, 0.6) is 0 Å². The molecule has 5 aromatic rings. The number of nitrogens with zero attached hydrogens (tertiary/aromatic N) is 1. The molecule has 2 heterocycles. The van der Waals surface area contributed by atoms with E-state index in [1.807, 2.05) is 89.5 Å². The number of carboxylic acid groups (broad SMARTS) is 1. The molecule has 6 rings (SSSR count). The molecule has 1 aliphatic carbocycles. The van der Waals surface area contributed by atoms with Crippen LogP contribution in [-0.2, 0) is 4.79 Å². The number of carbonyl (C=O) groups excluding carboxylic acids is 2. The molecule has 2 amide bonds.